The van der Waals surface area contributed by atoms with Crippen molar-refractivity contribution in [2.24, 2.45) is 0 Å². The lowest BCUT2D eigenvalue weighted by molar-refractivity contribution is -0.140. The largest absolute Gasteiger partial charge is 0.355 e. The number of benzene rings is 2. The summed E-state index contributed by atoms with van der Waals surface area (Å²) in [5.74, 6) is -2.86. The van der Waals surface area contributed by atoms with Crippen LogP contribution < -0.4 is 9.62 Å². The zero-order valence-electron chi connectivity index (χ0n) is 19.8. The van der Waals surface area contributed by atoms with Crippen LogP contribution in [0.5, 0.6) is 0 Å². The van der Waals surface area contributed by atoms with Gasteiger partial charge in [-0.3, -0.25) is 13.9 Å². The summed E-state index contributed by atoms with van der Waals surface area (Å²) >= 11 is 0. The summed E-state index contributed by atoms with van der Waals surface area (Å²) in [5, 5.41) is 2.72. The van der Waals surface area contributed by atoms with E-state index in [2.05, 4.69) is 5.32 Å². The zero-order chi connectivity index (χ0) is 25.5. The number of halogens is 2. The predicted octanol–water partition coefficient (Wildman–Crippen LogP) is 3.37. The number of nitrogens with zero attached hydrogens (tertiary/aromatic N) is 2. The fourth-order valence-corrected chi connectivity index (χ4v) is 4.51. The van der Waals surface area contributed by atoms with E-state index in [0.29, 0.717) is 6.54 Å². The second-order valence-corrected chi connectivity index (χ2v) is 10.0. The maximum absolute atomic E-state index is 13.7. The van der Waals surface area contributed by atoms with Gasteiger partial charge in [0.05, 0.1) is 11.9 Å². The molecule has 2 aromatic carbocycles. The van der Waals surface area contributed by atoms with Gasteiger partial charge in [0.15, 0.2) is 11.6 Å². The highest BCUT2D eigenvalue weighted by atomic mass is 32.2. The summed E-state index contributed by atoms with van der Waals surface area (Å²) in [6, 6.07) is 9.70. The van der Waals surface area contributed by atoms with Crippen molar-refractivity contribution in [3.05, 3.63) is 65.2 Å². The third-order valence-corrected chi connectivity index (χ3v) is 6.49. The summed E-state index contributed by atoms with van der Waals surface area (Å²) in [5.41, 5.74) is 1.86. The van der Waals surface area contributed by atoms with Gasteiger partial charge in [-0.25, -0.2) is 17.2 Å². The number of hydrogen-bond donors (Lipinski definition) is 1. The maximum Gasteiger partial charge on any atom is 0.242 e. The minimum absolute atomic E-state index is 0.0267. The third-order valence-electron chi connectivity index (χ3n) is 5.30. The van der Waals surface area contributed by atoms with Crippen LogP contribution in [0.1, 0.15) is 37.8 Å². The van der Waals surface area contributed by atoms with Crippen molar-refractivity contribution in [2.75, 3.05) is 23.7 Å². The average molecular weight is 496 g/mol. The van der Waals surface area contributed by atoms with Gasteiger partial charge < -0.3 is 10.2 Å². The second kappa shape index (κ2) is 11.9. The van der Waals surface area contributed by atoms with Crippen LogP contribution in [0.2, 0.25) is 0 Å². The molecule has 186 valence electrons. The van der Waals surface area contributed by atoms with Gasteiger partial charge in [-0.05, 0) is 44.9 Å². The highest BCUT2D eigenvalue weighted by Crippen LogP contribution is 2.21. The second-order valence-electron chi connectivity index (χ2n) is 8.12. The van der Waals surface area contributed by atoms with Crippen LogP contribution in [-0.2, 0) is 26.2 Å². The van der Waals surface area contributed by atoms with Crippen LogP contribution in [0.15, 0.2) is 42.5 Å². The van der Waals surface area contributed by atoms with Gasteiger partial charge in [-0.2, -0.15) is 0 Å². The van der Waals surface area contributed by atoms with Gasteiger partial charge in [0, 0.05) is 32.1 Å². The molecule has 2 rings (SSSR count). The Hall–Kier alpha value is -3.01. The number of aryl methyl sites for hydroxylation is 1. The lowest BCUT2D eigenvalue weighted by atomic mass is 10.1. The fraction of sp³-hybridized carbons (Fsp3) is 0.417. The first-order valence-corrected chi connectivity index (χ1v) is 12.8. The van der Waals surface area contributed by atoms with E-state index in [9.17, 15) is 26.8 Å². The van der Waals surface area contributed by atoms with E-state index in [1.54, 1.807) is 13.8 Å². The molecule has 2 amide bonds. The standard InChI is InChI=1S/C24H31F2N3O4S/c1-5-27-24(31)18(3)28(16-19-9-6-8-17(2)14-19)23(30)10-7-13-29(34(4,32)33)20-11-12-21(25)22(26)15-20/h6,8-9,11-12,14-15,18H,5,7,10,13,16H2,1-4H3,(H,27,31). The van der Waals surface area contributed by atoms with Gasteiger partial charge in [0.2, 0.25) is 21.8 Å². The summed E-state index contributed by atoms with van der Waals surface area (Å²) in [7, 11) is -3.80. The molecule has 0 heterocycles. The van der Waals surface area contributed by atoms with Crippen LogP contribution in [0.25, 0.3) is 0 Å². The Labute approximate surface area is 199 Å². The topological polar surface area (TPSA) is 86.8 Å². The van der Waals surface area contributed by atoms with Gasteiger partial charge >= 0.3 is 0 Å². The van der Waals surface area contributed by atoms with E-state index in [0.717, 1.165) is 33.8 Å². The molecule has 0 aliphatic heterocycles. The number of amides is 2. The molecule has 34 heavy (non-hydrogen) atoms. The predicted molar refractivity (Wildman–Crippen MR) is 128 cm³/mol. The fourth-order valence-electron chi connectivity index (χ4n) is 3.56. The molecule has 0 fully saturated rings. The number of likely N-dealkylation sites (N-methyl/N-ethyl adjacent to an activating group) is 1. The summed E-state index contributed by atoms with van der Waals surface area (Å²) in [4.78, 5) is 27.0. The molecule has 0 aliphatic carbocycles. The molecule has 1 atom stereocenters. The molecule has 0 spiro atoms. The molecule has 0 aromatic heterocycles. The lowest BCUT2D eigenvalue weighted by Gasteiger charge is -2.29. The number of carbonyl (C=O) groups excluding carboxylic acids is 2. The Morgan fingerprint density at radius 2 is 1.79 bits per heavy atom. The first-order valence-electron chi connectivity index (χ1n) is 11.0. The average Bonchev–Trinajstić information content (AvgIpc) is 2.76. The molecule has 0 saturated carbocycles. The Morgan fingerprint density at radius 3 is 2.38 bits per heavy atom. The van der Waals surface area contributed by atoms with Crippen molar-refractivity contribution >= 4 is 27.5 Å². The molecule has 1 unspecified atom stereocenters. The number of sulfonamides is 1. The smallest absolute Gasteiger partial charge is 0.242 e. The van der Waals surface area contributed by atoms with Crippen molar-refractivity contribution in [3.8, 4) is 0 Å². The number of nitrogens with one attached hydrogen (secondary N) is 1. The monoisotopic (exact) mass is 495 g/mol. The first kappa shape index (κ1) is 27.2. The summed E-state index contributed by atoms with van der Waals surface area (Å²) in [6.45, 7) is 5.90. The molecular weight excluding hydrogens is 464 g/mol. The molecule has 2 aromatic rings. The minimum Gasteiger partial charge on any atom is -0.355 e. The van der Waals surface area contributed by atoms with Crippen LogP contribution in [0.3, 0.4) is 0 Å². The highest BCUT2D eigenvalue weighted by molar-refractivity contribution is 7.92. The molecule has 0 saturated heterocycles. The van der Waals surface area contributed by atoms with E-state index in [1.165, 1.54) is 11.0 Å². The first-order chi connectivity index (χ1) is 15.9. The van der Waals surface area contributed by atoms with Crippen LogP contribution in [-0.4, -0.2) is 50.5 Å². The van der Waals surface area contributed by atoms with Crippen LogP contribution in [0.4, 0.5) is 14.5 Å². The van der Waals surface area contributed by atoms with Gasteiger partial charge in [-0.15, -0.1) is 0 Å². The SMILES string of the molecule is CCNC(=O)C(C)N(Cc1cccc(C)c1)C(=O)CCCN(c1ccc(F)c(F)c1)S(C)(=O)=O. The van der Waals surface area contributed by atoms with E-state index >= 15 is 0 Å². The molecule has 7 nitrogen and oxygen atoms in total. The Bertz CT molecular complexity index is 1120. The zero-order valence-corrected chi connectivity index (χ0v) is 20.7. The maximum atomic E-state index is 13.7. The van der Waals surface area contributed by atoms with Gasteiger partial charge in [-0.1, -0.05) is 29.8 Å². The third kappa shape index (κ3) is 7.51. The van der Waals surface area contributed by atoms with Crippen molar-refractivity contribution in [1.82, 2.24) is 10.2 Å². The molecule has 10 heteroatoms. The van der Waals surface area contributed by atoms with Crippen molar-refractivity contribution in [2.45, 2.75) is 46.2 Å². The van der Waals surface area contributed by atoms with Crippen molar-refractivity contribution < 1.29 is 26.8 Å². The normalized spacial score (nSPS) is 12.2. The van der Waals surface area contributed by atoms with Crippen molar-refractivity contribution in [1.29, 1.82) is 0 Å². The number of rotatable bonds is 11. The molecule has 0 radical (unpaired) electrons. The summed E-state index contributed by atoms with van der Waals surface area (Å²) in [6.07, 6.45) is 1.04. The van der Waals surface area contributed by atoms with E-state index in [4.69, 9.17) is 0 Å². The molecule has 1 N–H and O–H groups in total. The highest BCUT2D eigenvalue weighted by Gasteiger charge is 2.26. The molecule has 0 bridgehead atoms. The Kier molecular flexibility index (Phi) is 9.55. The molecular formula is C24H31F2N3O4S. The van der Waals surface area contributed by atoms with Gasteiger partial charge in [0.1, 0.15) is 6.04 Å². The van der Waals surface area contributed by atoms with E-state index in [1.807, 2.05) is 31.2 Å². The summed E-state index contributed by atoms with van der Waals surface area (Å²) < 4.78 is 52.3. The number of anilines is 1. The Morgan fingerprint density at radius 1 is 1.09 bits per heavy atom. The van der Waals surface area contributed by atoms with Crippen LogP contribution >= 0.6 is 0 Å². The van der Waals surface area contributed by atoms with Crippen molar-refractivity contribution in [3.63, 3.8) is 0 Å². The molecule has 0 aliphatic rings. The Balaban J connectivity index is 2.17. The quantitative estimate of drug-likeness (QED) is 0.518. The van der Waals surface area contributed by atoms with E-state index < -0.39 is 27.7 Å². The number of carbonyl (C=O) groups is 2. The lowest BCUT2D eigenvalue weighted by Crippen LogP contribution is -2.47. The van der Waals surface area contributed by atoms with E-state index in [-0.39, 0.29) is 43.4 Å². The van der Waals surface area contributed by atoms with Crippen LogP contribution in [0, 0.1) is 18.6 Å². The minimum atomic E-state index is -3.80. The number of hydrogen-bond acceptors (Lipinski definition) is 4. The van der Waals surface area contributed by atoms with Gasteiger partial charge in [0.25, 0.3) is 0 Å².